The number of Topliss-reactive ketones (excluding diaryl/α,β-unsaturated/α-hetero) is 1. The van der Waals surface area contributed by atoms with Gasteiger partial charge in [0.15, 0.2) is 5.78 Å². The first-order valence-electron chi connectivity index (χ1n) is 4.46. The van der Waals surface area contributed by atoms with E-state index in [-0.39, 0.29) is 5.78 Å². The fourth-order valence-corrected chi connectivity index (χ4v) is 1.53. The highest BCUT2D eigenvalue weighted by Crippen LogP contribution is 2.09. The summed E-state index contributed by atoms with van der Waals surface area (Å²) in [5.41, 5.74) is 0.940. The van der Waals surface area contributed by atoms with Crippen LogP contribution in [-0.2, 0) is 4.74 Å². The summed E-state index contributed by atoms with van der Waals surface area (Å²) < 4.78 is 4.57. The van der Waals surface area contributed by atoms with Crippen molar-refractivity contribution in [3.8, 4) is 0 Å². The summed E-state index contributed by atoms with van der Waals surface area (Å²) in [6.45, 7) is 0. The first kappa shape index (κ1) is 11.9. The Morgan fingerprint density at radius 3 is 2.60 bits per heavy atom. The van der Waals surface area contributed by atoms with Crippen LogP contribution < -0.4 is 0 Å². The lowest BCUT2D eigenvalue weighted by Crippen LogP contribution is -2.05. The minimum atomic E-state index is -0.427. The molecule has 0 atom stereocenters. The van der Waals surface area contributed by atoms with Crippen molar-refractivity contribution >= 4 is 27.7 Å². The van der Waals surface area contributed by atoms with Gasteiger partial charge in [-0.15, -0.1) is 0 Å². The molecule has 0 aromatic heterocycles. The molecular weight excluding hydrogens is 260 g/mol. The second kappa shape index (κ2) is 5.66. The number of rotatable bonds is 4. The maximum Gasteiger partial charge on any atom is 0.337 e. The molecule has 0 aliphatic heterocycles. The minimum absolute atomic E-state index is 0.0117. The quantitative estimate of drug-likeness (QED) is 0.480. The molecule has 1 aromatic carbocycles. The number of ether oxygens (including phenoxy) is 1. The van der Waals surface area contributed by atoms with E-state index in [2.05, 4.69) is 20.7 Å². The SMILES string of the molecule is COC(=O)c1cccc(C(=O)CCBr)c1. The number of carbonyl (C=O) groups is 2. The summed E-state index contributed by atoms with van der Waals surface area (Å²) in [6.07, 6.45) is 0.421. The van der Waals surface area contributed by atoms with Crippen LogP contribution in [0.1, 0.15) is 27.1 Å². The monoisotopic (exact) mass is 270 g/mol. The summed E-state index contributed by atoms with van der Waals surface area (Å²) in [4.78, 5) is 22.7. The summed E-state index contributed by atoms with van der Waals surface area (Å²) in [5, 5.41) is 0.619. The molecule has 0 fully saturated rings. The van der Waals surface area contributed by atoms with Crippen molar-refractivity contribution in [1.29, 1.82) is 0 Å². The predicted molar refractivity (Wildman–Crippen MR) is 60.5 cm³/mol. The van der Waals surface area contributed by atoms with Gasteiger partial charge in [0, 0.05) is 17.3 Å². The Kier molecular flexibility index (Phi) is 4.49. The molecule has 0 aliphatic rings. The van der Waals surface area contributed by atoms with E-state index in [1.54, 1.807) is 24.3 Å². The number of alkyl halides is 1. The number of esters is 1. The van der Waals surface area contributed by atoms with Crippen molar-refractivity contribution in [2.75, 3.05) is 12.4 Å². The Balaban J connectivity index is 2.92. The van der Waals surface area contributed by atoms with E-state index in [4.69, 9.17) is 0 Å². The number of ketones is 1. The molecule has 1 rings (SSSR count). The number of carbonyl (C=O) groups excluding carboxylic acids is 2. The van der Waals surface area contributed by atoms with Gasteiger partial charge in [-0.05, 0) is 12.1 Å². The van der Waals surface area contributed by atoms with E-state index in [0.29, 0.717) is 22.9 Å². The van der Waals surface area contributed by atoms with Gasteiger partial charge in [0.1, 0.15) is 0 Å². The average molecular weight is 271 g/mol. The molecule has 0 N–H and O–H groups in total. The van der Waals surface area contributed by atoms with Gasteiger partial charge in [0.25, 0.3) is 0 Å². The zero-order valence-electron chi connectivity index (χ0n) is 8.33. The van der Waals surface area contributed by atoms with Gasteiger partial charge >= 0.3 is 5.97 Å². The van der Waals surface area contributed by atoms with Gasteiger partial charge in [-0.3, -0.25) is 4.79 Å². The van der Waals surface area contributed by atoms with Crippen molar-refractivity contribution in [3.05, 3.63) is 35.4 Å². The fourth-order valence-electron chi connectivity index (χ4n) is 1.17. The van der Waals surface area contributed by atoms with Gasteiger partial charge in [-0.25, -0.2) is 4.79 Å². The summed E-state index contributed by atoms with van der Waals surface area (Å²) in [7, 11) is 1.31. The van der Waals surface area contributed by atoms with E-state index in [0.717, 1.165) is 0 Å². The van der Waals surface area contributed by atoms with Crippen LogP contribution in [0.5, 0.6) is 0 Å². The number of benzene rings is 1. The number of hydrogen-bond donors (Lipinski definition) is 0. The smallest absolute Gasteiger partial charge is 0.337 e. The highest BCUT2D eigenvalue weighted by atomic mass is 79.9. The van der Waals surface area contributed by atoms with Crippen LogP contribution in [-0.4, -0.2) is 24.2 Å². The summed E-state index contributed by atoms with van der Waals surface area (Å²) in [6, 6.07) is 6.54. The van der Waals surface area contributed by atoms with Gasteiger partial charge in [-0.2, -0.15) is 0 Å². The van der Waals surface area contributed by atoms with Crippen LogP contribution in [0.4, 0.5) is 0 Å². The van der Waals surface area contributed by atoms with Crippen LogP contribution in [0.25, 0.3) is 0 Å². The molecule has 0 bridgehead atoms. The van der Waals surface area contributed by atoms with Gasteiger partial charge in [0.2, 0.25) is 0 Å². The molecule has 0 radical (unpaired) electrons. The van der Waals surface area contributed by atoms with Crippen molar-refractivity contribution in [2.45, 2.75) is 6.42 Å². The lowest BCUT2D eigenvalue weighted by Gasteiger charge is -2.02. The molecule has 0 unspecified atom stereocenters. The Morgan fingerprint density at radius 1 is 1.33 bits per heavy atom. The normalized spacial score (nSPS) is 9.73. The van der Waals surface area contributed by atoms with Crippen molar-refractivity contribution in [1.82, 2.24) is 0 Å². The second-order valence-corrected chi connectivity index (χ2v) is 3.73. The lowest BCUT2D eigenvalue weighted by atomic mass is 10.1. The maximum atomic E-state index is 11.5. The largest absolute Gasteiger partial charge is 0.465 e. The van der Waals surface area contributed by atoms with Gasteiger partial charge in [-0.1, -0.05) is 28.1 Å². The van der Waals surface area contributed by atoms with E-state index in [9.17, 15) is 9.59 Å². The molecule has 0 aliphatic carbocycles. The van der Waals surface area contributed by atoms with Crippen LogP contribution in [0, 0.1) is 0 Å². The van der Waals surface area contributed by atoms with Crippen molar-refractivity contribution in [3.63, 3.8) is 0 Å². The topological polar surface area (TPSA) is 43.4 Å². The lowest BCUT2D eigenvalue weighted by molar-refractivity contribution is 0.0600. The third kappa shape index (κ3) is 3.16. The van der Waals surface area contributed by atoms with Gasteiger partial charge in [0.05, 0.1) is 12.7 Å². The molecule has 0 saturated carbocycles. The zero-order chi connectivity index (χ0) is 11.3. The highest BCUT2D eigenvalue weighted by molar-refractivity contribution is 9.09. The molecule has 3 nitrogen and oxygen atoms in total. The first-order chi connectivity index (χ1) is 7.19. The van der Waals surface area contributed by atoms with Gasteiger partial charge < -0.3 is 4.74 Å². The Labute approximate surface area is 96.6 Å². The predicted octanol–water partition coefficient (Wildman–Crippen LogP) is 2.44. The van der Waals surface area contributed by atoms with Crippen LogP contribution in [0.2, 0.25) is 0 Å². The molecule has 0 amide bonds. The number of methoxy groups -OCH3 is 1. The average Bonchev–Trinajstić information content (AvgIpc) is 2.28. The van der Waals surface area contributed by atoms with E-state index in [1.807, 2.05) is 0 Å². The number of hydrogen-bond acceptors (Lipinski definition) is 3. The Morgan fingerprint density at radius 2 is 2.00 bits per heavy atom. The fraction of sp³-hybridized carbons (Fsp3) is 0.273. The Bertz CT molecular complexity index is 374. The van der Waals surface area contributed by atoms with Crippen LogP contribution in [0.3, 0.4) is 0 Å². The molecule has 0 heterocycles. The van der Waals surface area contributed by atoms with Crippen LogP contribution >= 0.6 is 15.9 Å². The van der Waals surface area contributed by atoms with Crippen LogP contribution in [0.15, 0.2) is 24.3 Å². The zero-order valence-corrected chi connectivity index (χ0v) is 9.91. The molecule has 0 spiro atoms. The van der Waals surface area contributed by atoms with E-state index in [1.165, 1.54) is 7.11 Å². The first-order valence-corrected chi connectivity index (χ1v) is 5.58. The van der Waals surface area contributed by atoms with E-state index >= 15 is 0 Å². The van der Waals surface area contributed by atoms with Crippen molar-refractivity contribution < 1.29 is 14.3 Å². The van der Waals surface area contributed by atoms with Crippen molar-refractivity contribution in [2.24, 2.45) is 0 Å². The highest BCUT2D eigenvalue weighted by Gasteiger charge is 2.09. The molecule has 15 heavy (non-hydrogen) atoms. The molecule has 4 heteroatoms. The minimum Gasteiger partial charge on any atom is -0.465 e. The molecule has 0 saturated heterocycles. The second-order valence-electron chi connectivity index (χ2n) is 2.93. The number of halogens is 1. The molecular formula is C11H11BrO3. The molecule has 1 aromatic rings. The maximum absolute atomic E-state index is 11.5. The Hall–Kier alpha value is -1.16. The third-order valence-corrected chi connectivity index (χ3v) is 2.32. The third-order valence-electron chi connectivity index (χ3n) is 1.93. The summed E-state index contributed by atoms with van der Waals surface area (Å²) in [5.74, 6) is -0.416. The summed E-state index contributed by atoms with van der Waals surface area (Å²) >= 11 is 3.20. The van der Waals surface area contributed by atoms with E-state index < -0.39 is 5.97 Å². The standard InChI is InChI=1S/C11H11BrO3/c1-15-11(14)9-4-2-3-8(7-9)10(13)5-6-12/h2-4,7H,5-6H2,1H3. The molecule has 80 valence electrons.